The van der Waals surface area contributed by atoms with E-state index in [-0.39, 0.29) is 18.4 Å². The molecule has 4 aromatic carbocycles. The summed E-state index contributed by atoms with van der Waals surface area (Å²) in [7, 11) is 0. The van der Waals surface area contributed by atoms with E-state index < -0.39 is 89.3 Å². The van der Waals surface area contributed by atoms with Gasteiger partial charge in [0.1, 0.15) is 19.2 Å². The molecule has 54 heavy (non-hydrogen) atoms. The van der Waals surface area contributed by atoms with Gasteiger partial charge in [0.25, 0.3) is 0 Å². The number of hydrogen-bond donors (Lipinski definition) is 2. The van der Waals surface area contributed by atoms with Gasteiger partial charge in [-0.1, -0.05) is 92.7 Å². The molecule has 2 aliphatic rings. The summed E-state index contributed by atoms with van der Waals surface area (Å²) in [5.41, 5.74) is 4.70. The van der Waals surface area contributed by atoms with Gasteiger partial charge in [-0.25, -0.2) is 22.8 Å². The van der Waals surface area contributed by atoms with E-state index in [0.717, 1.165) is 27.2 Å². The van der Waals surface area contributed by atoms with Gasteiger partial charge in [-0.05, 0) is 47.1 Å². The molecule has 0 radical (unpaired) electrons. The van der Waals surface area contributed by atoms with Crippen LogP contribution < -0.4 is 15.4 Å². The Balaban J connectivity index is 1.13. The van der Waals surface area contributed by atoms with Crippen LogP contribution in [0.3, 0.4) is 0 Å². The smallest absolute Gasteiger partial charge is 0.407 e. The molecule has 282 valence electrons. The topological polar surface area (TPSA) is 114 Å². The molecule has 3 amide bonds. The molecule has 4 aromatic rings. The number of alkyl carbamates (subject to hydrolysis) is 1. The van der Waals surface area contributed by atoms with Crippen LogP contribution in [0.1, 0.15) is 55.8 Å². The van der Waals surface area contributed by atoms with Crippen LogP contribution in [0.25, 0.3) is 11.1 Å². The summed E-state index contributed by atoms with van der Waals surface area (Å²) in [4.78, 5) is 54.0. The third-order valence-corrected chi connectivity index (χ3v) is 9.63. The molecular weight excluding hydrogens is 713 g/mol. The van der Waals surface area contributed by atoms with Crippen LogP contribution in [0.5, 0.6) is 5.75 Å². The van der Waals surface area contributed by atoms with E-state index in [1.807, 2.05) is 62.4 Å². The van der Waals surface area contributed by atoms with Gasteiger partial charge in [-0.3, -0.25) is 9.59 Å². The number of ether oxygens (including phenoxy) is 2. The highest BCUT2D eigenvalue weighted by atomic mass is 19.2. The van der Waals surface area contributed by atoms with Gasteiger partial charge in [0.15, 0.2) is 0 Å². The van der Waals surface area contributed by atoms with Gasteiger partial charge >= 0.3 is 12.1 Å². The minimum Gasteiger partial charge on any atom is -0.449 e. The van der Waals surface area contributed by atoms with Crippen LogP contribution >= 0.6 is 0 Å². The number of carbonyl (C=O) groups excluding carboxylic acids is 4. The third kappa shape index (κ3) is 7.37. The fraction of sp³-hybridized carbons (Fsp3) is 0.300. The average Bonchev–Trinajstić information content (AvgIpc) is 3.48. The Morgan fingerprint density at radius 2 is 1.28 bits per heavy atom. The van der Waals surface area contributed by atoms with Crippen molar-refractivity contribution in [1.82, 2.24) is 15.5 Å². The maximum absolute atomic E-state index is 14.2. The Labute approximate surface area is 307 Å². The highest BCUT2D eigenvalue weighted by molar-refractivity contribution is 5.92. The summed E-state index contributed by atoms with van der Waals surface area (Å²) in [5, 5.41) is 5.41. The highest BCUT2D eigenvalue weighted by Crippen LogP contribution is 2.45. The molecule has 2 N–H and O–H groups in total. The lowest BCUT2D eigenvalue weighted by Gasteiger charge is -2.50. The standard InChI is InChI=1S/C40H36F5N3O6/c1-20(2)17-28(47-38(50)21(3)46-40(52)53-19-27-25-15-9-7-13-23(25)24-14-8-10-16-26(24)27)30-36(22-11-5-4-6-12-22)48(39(30)51)18-29(49)54-37-34(44)32(42)31(41)33(43)35(37)45/h4-16,20-21,27-28,30,36H,17-19H2,1-3H3,(H,46,52)(H,47,50)/t21-,28-,30+,36+/m0/s1. The third-order valence-electron chi connectivity index (χ3n) is 9.63. The maximum atomic E-state index is 14.2. The lowest BCUT2D eigenvalue weighted by atomic mass is 9.75. The second-order valence-corrected chi connectivity index (χ2v) is 13.7. The average molecular weight is 750 g/mol. The van der Waals surface area contributed by atoms with Crippen LogP contribution in [0.2, 0.25) is 0 Å². The molecule has 0 aromatic heterocycles. The fourth-order valence-corrected chi connectivity index (χ4v) is 7.13. The van der Waals surface area contributed by atoms with E-state index in [4.69, 9.17) is 4.74 Å². The van der Waals surface area contributed by atoms with Gasteiger partial charge in [0.05, 0.1) is 12.0 Å². The van der Waals surface area contributed by atoms with Gasteiger partial charge in [-0.2, -0.15) is 8.78 Å². The number of fused-ring (bicyclic) bond motifs is 3. The molecule has 0 spiro atoms. The predicted molar refractivity (Wildman–Crippen MR) is 185 cm³/mol. The molecule has 1 heterocycles. The Kier molecular flexibility index (Phi) is 11.0. The molecule has 9 nitrogen and oxygen atoms in total. The number of nitrogens with zero attached hydrogens (tertiary/aromatic N) is 1. The van der Waals surface area contributed by atoms with Gasteiger partial charge in [-0.15, -0.1) is 0 Å². The lowest BCUT2D eigenvalue weighted by molar-refractivity contribution is -0.165. The van der Waals surface area contributed by atoms with Crippen molar-refractivity contribution in [3.8, 4) is 16.9 Å². The molecular formula is C40H36F5N3O6. The molecule has 0 unspecified atom stereocenters. The van der Waals surface area contributed by atoms with E-state index in [1.165, 1.54) is 6.92 Å². The van der Waals surface area contributed by atoms with Crippen LogP contribution in [-0.2, 0) is 19.1 Å². The summed E-state index contributed by atoms with van der Waals surface area (Å²) in [6.07, 6.45) is -0.522. The summed E-state index contributed by atoms with van der Waals surface area (Å²) in [5.74, 6) is -17.4. The van der Waals surface area contributed by atoms with Crippen molar-refractivity contribution in [3.63, 3.8) is 0 Å². The summed E-state index contributed by atoms with van der Waals surface area (Å²) < 4.78 is 79.6. The van der Waals surface area contributed by atoms with Gasteiger partial charge in [0.2, 0.25) is 46.6 Å². The first-order valence-electron chi connectivity index (χ1n) is 17.3. The number of carbonyl (C=O) groups is 4. The molecule has 4 atom stereocenters. The number of rotatable bonds is 12. The highest BCUT2D eigenvalue weighted by Gasteiger charge is 2.53. The molecule has 1 fully saturated rings. The van der Waals surface area contributed by atoms with Crippen molar-refractivity contribution in [2.75, 3.05) is 13.2 Å². The Morgan fingerprint density at radius 3 is 1.85 bits per heavy atom. The molecule has 14 heteroatoms. The second kappa shape index (κ2) is 15.7. The van der Waals surface area contributed by atoms with E-state index in [1.54, 1.807) is 30.3 Å². The Bertz CT molecular complexity index is 2020. The van der Waals surface area contributed by atoms with Crippen LogP contribution in [0.15, 0.2) is 78.9 Å². The van der Waals surface area contributed by atoms with Crippen molar-refractivity contribution in [1.29, 1.82) is 0 Å². The normalized spacial score (nSPS) is 17.3. The molecule has 1 aliphatic heterocycles. The van der Waals surface area contributed by atoms with Crippen molar-refractivity contribution in [2.45, 2.75) is 51.2 Å². The number of amides is 3. The SMILES string of the molecule is CC(C)C[C@H](NC(=O)[C@H](C)NC(=O)OCC1c2ccccc2-c2ccccc21)[C@H]1C(=O)N(CC(=O)Oc2c(F)c(F)c(F)c(F)c2F)[C@@H]1c1ccccc1. The van der Waals surface area contributed by atoms with Crippen LogP contribution in [0.4, 0.5) is 26.7 Å². The van der Waals surface area contributed by atoms with Gasteiger partial charge < -0.3 is 25.0 Å². The second-order valence-electron chi connectivity index (χ2n) is 13.7. The Hall–Kier alpha value is -5.79. The quantitative estimate of drug-likeness (QED) is 0.0405. The Morgan fingerprint density at radius 1 is 0.741 bits per heavy atom. The van der Waals surface area contributed by atoms with Crippen molar-refractivity contribution in [3.05, 3.63) is 125 Å². The summed E-state index contributed by atoms with van der Waals surface area (Å²) in [6.45, 7) is 4.33. The van der Waals surface area contributed by atoms with E-state index in [9.17, 15) is 41.1 Å². The van der Waals surface area contributed by atoms with E-state index in [0.29, 0.717) is 12.0 Å². The van der Waals surface area contributed by atoms with Crippen LogP contribution in [-0.4, -0.2) is 54.0 Å². The number of halogens is 5. The fourth-order valence-electron chi connectivity index (χ4n) is 7.13. The molecule has 0 bridgehead atoms. The predicted octanol–water partition coefficient (Wildman–Crippen LogP) is 6.95. The zero-order valence-electron chi connectivity index (χ0n) is 29.4. The van der Waals surface area contributed by atoms with E-state index in [2.05, 4.69) is 15.4 Å². The molecule has 1 aliphatic carbocycles. The minimum atomic E-state index is -2.42. The number of esters is 1. The van der Waals surface area contributed by atoms with Gasteiger partial charge in [0, 0.05) is 12.0 Å². The van der Waals surface area contributed by atoms with Crippen molar-refractivity contribution in [2.24, 2.45) is 11.8 Å². The number of hydrogen-bond acceptors (Lipinski definition) is 6. The zero-order valence-corrected chi connectivity index (χ0v) is 29.4. The summed E-state index contributed by atoms with van der Waals surface area (Å²) >= 11 is 0. The first-order valence-corrected chi connectivity index (χ1v) is 17.3. The molecule has 6 rings (SSSR count). The van der Waals surface area contributed by atoms with Crippen molar-refractivity contribution < 1.29 is 50.6 Å². The zero-order chi connectivity index (χ0) is 38.8. The van der Waals surface area contributed by atoms with Crippen LogP contribution in [0, 0.1) is 40.9 Å². The number of nitrogens with one attached hydrogen (secondary N) is 2. The van der Waals surface area contributed by atoms with Crippen molar-refractivity contribution >= 4 is 23.9 Å². The minimum absolute atomic E-state index is 0.0299. The first kappa shape index (κ1) is 38.0. The lowest BCUT2D eigenvalue weighted by Crippen LogP contribution is -2.64. The maximum Gasteiger partial charge on any atom is 0.407 e. The molecule has 0 saturated carbocycles. The number of β-lactam (4-membered cyclic amide) rings is 1. The first-order chi connectivity index (χ1) is 25.8. The number of benzene rings is 4. The van der Waals surface area contributed by atoms with E-state index >= 15 is 0 Å². The summed E-state index contributed by atoms with van der Waals surface area (Å²) in [6, 6.07) is 21.3. The largest absolute Gasteiger partial charge is 0.449 e. The molecule has 1 saturated heterocycles. The monoisotopic (exact) mass is 749 g/mol. The number of likely N-dealkylation sites (tertiary alicyclic amines) is 1.